The fraction of sp³-hybridized carbons (Fsp3) is 0.846. The fourth-order valence-corrected chi connectivity index (χ4v) is 1.70. The van der Waals surface area contributed by atoms with Gasteiger partial charge in [-0.1, -0.05) is 7.43 Å². The molecule has 0 saturated carbocycles. The smallest absolute Gasteiger partial charge is 0.294 e. The van der Waals surface area contributed by atoms with Crippen molar-refractivity contribution in [3.05, 3.63) is 0 Å². The largest absolute Gasteiger partial charge is 0.464 e. The summed E-state index contributed by atoms with van der Waals surface area (Å²) in [7, 11) is 1.90. The van der Waals surface area contributed by atoms with Gasteiger partial charge in [0.25, 0.3) is 12.9 Å². The van der Waals surface area contributed by atoms with Gasteiger partial charge in [-0.2, -0.15) is 11.8 Å². The molecule has 0 spiro atoms. The number of hydrogen-bond acceptors (Lipinski definition) is 7. The van der Waals surface area contributed by atoms with Crippen molar-refractivity contribution in [2.45, 2.75) is 45.9 Å². The number of hydrogen-bond donors (Lipinski definition) is 2. The summed E-state index contributed by atoms with van der Waals surface area (Å²) in [4.78, 5) is 19.4. The minimum atomic E-state index is -0.427. The first-order chi connectivity index (χ1) is 9.12. The summed E-state index contributed by atoms with van der Waals surface area (Å²) in [6, 6.07) is 0. The second kappa shape index (κ2) is 20.5. The van der Waals surface area contributed by atoms with E-state index in [0.717, 1.165) is 31.6 Å². The van der Waals surface area contributed by atoms with Crippen molar-refractivity contribution < 1.29 is 19.1 Å². The zero-order valence-corrected chi connectivity index (χ0v) is 12.8. The molecule has 0 rings (SSSR count). The lowest BCUT2D eigenvalue weighted by Gasteiger charge is -2.07. The second-order valence-corrected chi connectivity index (χ2v) is 4.78. The van der Waals surface area contributed by atoms with E-state index < -0.39 is 6.23 Å². The van der Waals surface area contributed by atoms with E-state index in [4.69, 9.17) is 5.73 Å². The highest BCUT2D eigenvalue weighted by molar-refractivity contribution is 7.98. The maximum atomic E-state index is 9.79. The van der Waals surface area contributed by atoms with Gasteiger partial charge in [0.2, 0.25) is 0 Å². The highest BCUT2D eigenvalue weighted by atomic mass is 32.2. The zero-order valence-electron chi connectivity index (χ0n) is 12.0. The van der Waals surface area contributed by atoms with Crippen LogP contribution in [0.4, 0.5) is 0 Å². The van der Waals surface area contributed by atoms with Crippen molar-refractivity contribution in [1.29, 1.82) is 0 Å². The number of carbonyl (C=O) groups is 2. The van der Waals surface area contributed by atoms with E-state index in [9.17, 15) is 9.59 Å². The average Bonchev–Trinajstić information content (AvgIpc) is 2.36. The van der Waals surface area contributed by atoms with Crippen LogP contribution >= 0.6 is 11.8 Å². The summed E-state index contributed by atoms with van der Waals surface area (Å²) in [5.74, 6) is 0.874. The minimum Gasteiger partial charge on any atom is -0.464 e. The molecule has 0 aliphatic heterocycles. The Morgan fingerprint density at radius 1 is 1.25 bits per heavy atom. The number of carbonyl (C=O) groups excluding carboxylic acids is 2. The van der Waals surface area contributed by atoms with E-state index in [1.54, 1.807) is 11.8 Å². The van der Waals surface area contributed by atoms with Gasteiger partial charge in [0.1, 0.15) is 6.10 Å². The van der Waals surface area contributed by atoms with Crippen molar-refractivity contribution in [3.63, 3.8) is 0 Å². The molecule has 0 amide bonds. The van der Waals surface area contributed by atoms with E-state index in [1.165, 1.54) is 0 Å². The number of ether oxygens (including phenoxy) is 2. The van der Waals surface area contributed by atoms with Crippen LogP contribution in [0.25, 0.3) is 0 Å². The summed E-state index contributed by atoms with van der Waals surface area (Å²) in [5, 5.41) is 3.02. The number of nitrogens with two attached hydrogens (primary N) is 1. The third-order valence-corrected chi connectivity index (χ3v) is 2.89. The van der Waals surface area contributed by atoms with Gasteiger partial charge in [0.05, 0.1) is 0 Å². The van der Waals surface area contributed by atoms with Crippen LogP contribution in [0.1, 0.15) is 33.6 Å². The SMILES string of the molecule is C.CNCCCCC(N)OC=O.CSCC(C)OC=O. The molecule has 0 aliphatic rings. The number of rotatable bonds is 11. The van der Waals surface area contributed by atoms with Gasteiger partial charge < -0.3 is 14.8 Å². The average molecular weight is 310 g/mol. The van der Waals surface area contributed by atoms with Crippen LogP contribution in [0.2, 0.25) is 0 Å². The molecule has 7 heteroatoms. The molecule has 122 valence electrons. The maximum absolute atomic E-state index is 9.79. The quantitative estimate of drug-likeness (QED) is 0.338. The topological polar surface area (TPSA) is 90.7 Å². The van der Waals surface area contributed by atoms with Crippen LogP contribution in [-0.2, 0) is 19.1 Å². The summed E-state index contributed by atoms with van der Waals surface area (Å²) >= 11 is 1.67. The third kappa shape index (κ3) is 22.4. The van der Waals surface area contributed by atoms with Gasteiger partial charge in [-0.3, -0.25) is 15.3 Å². The van der Waals surface area contributed by atoms with Crippen molar-refractivity contribution in [1.82, 2.24) is 5.32 Å². The minimum absolute atomic E-state index is 0. The fourth-order valence-electron chi connectivity index (χ4n) is 1.16. The standard InChI is InChI=1S/C7H16N2O2.C5H10O2S.CH4/c1-9-5-3-2-4-7(8)11-6-10;1-5(3-8-2)7-4-6;/h6-7,9H,2-5,8H2,1H3;4-5H,3H2,1-2H3;1H4. The Hall–Kier alpha value is -0.790. The van der Waals surface area contributed by atoms with Crippen molar-refractivity contribution in [3.8, 4) is 0 Å². The van der Waals surface area contributed by atoms with E-state index in [0.29, 0.717) is 12.9 Å². The van der Waals surface area contributed by atoms with Crippen LogP contribution in [0.3, 0.4) is 0 Å². The lowest BCUT2D eigenvalue weighted by molar-refractivity contribution is -0.134. The predicted molar refractivity (Wildman–Crippen MR) is 84.6 cm³/mol. The van der Waals surface area contributed by atoms with Gasteiger partial charge in [-0.15, -0.1) is 0 Å². The van der Waals surface area contributed by atoms with E-state index in [2.05, 4.69) is 14.8 Å². The Morgan fingerprint density at radius 2 is 1.85 bits per heavy atom. The summed E-state index contributed by atoms with van der Waals surface area (Å²) in [6.45, 7) is 3.72. The highest BCUT2D eigenvalue weighted by Gasteiger charge is 1.99. The number of nitrogens with one attached hydrogen (secondary N) is 1. The Balaban J connectivity index is -0.000000288. The molecule has 6 nitrogen and oxygen atoms in total. The summed E-state index contributed by atoms with van der Waals surface area (Å²) in [6.07, 6.45) is 4.39. The highest BCUT2D eigenvalue weighted by Crippen LogP contribution is 1.98. The van der Waals surface area contributed by atoms with Gasteiger partial charge in [0, 0.05) is 5.75 Å². The van der Waals surface area contributed by atoms with Gasteiger partial charge >= 0.3 is 0 Å². The Bertz CT molecular complexity index is 209. The normalized spacial score (nSPS) is 12.0. The number of thioether (sulfide) groups is 1. The summed E-state index contributed by atoms with van der Waals surface area (Å²) < 4.78 is 9.08. The van der Waals surface area contributed by atoms with Crippen LogP contribution in [0.15, 0.2) is 0 Å². The molecule has 0 aromatic heterocycles. The van der Waals surface area contributed by atoms with Crippen molar-refractivity contribution in [2.24, 2.45) is 5.73 Å². The first kappa shape index (κ1) is 24.2. The second-order valence-electron chi connectivity index (χ2n) is 3.87. The maximum Gasteiger partial charge on any atom is 0.294 e. The molecule has 0 bridgehead atoms. The summed E-state index contributed by atoms with van der Waals surface area (Å²) in [5.41, 5.74) is 5.39. The van der Waals surface area contributed by atoms with E-state index >= 15 is 0 Å². The lowest BCUT2D eigenvalue weighted by atomic mass is 10.2. The van der Waals surface area contributed by atoms with Gasteiger partial charge in [-0.25, -0.2) is 0 Å². The molecule has 0 aliphatic carbocycles. The van der Waals surface area contributed by atoms with Crippen molar-refractivity contribution in [2.75, 3.05) is 25.6 Å². The van der Waals surface area contributed by atoms with E-state index in [1.807, 2.05) is 20.2 Å². The van der Waals surface area contributed by atoms with Crippen molar-refractivity contribution >= 4 is 24.7 Å². The molecule has 0 aromatic carbocycles. The van der Waals surface area contributed by atoms with Crippen LogP contribution in [0.5, 0.6) is 0 Å². The number of unbranched alkanes of at least 4 members (excludes halogenated alkanes) is 1. The Labute approximate surface area is 127 Å². The molecule has 0 radical (unpaired) electrons. The predicted octanol–water partition coefficient (Wildman–Crippen LogP) is 1.38. The lowest BCUT2D eigenvalue weighted by Crippen LogP contribution is -2.23. The van der Waals surface area contributed by atoms with Crippen LogP contribution in [-0.4, -0.2) is 50.9 Å². The Morgan fingerprint density at radius 3 is 2.30 bits per heavy atom. The molecule has 2 atom stereocenters. The molecular formula is C13H30N2O4S. The third-order valence-electron chi connectivity index (χ3n) is 2.09. The molecule has 0 fully saturated rings. The van der Waals surface area contributed by atoms with Gasteiger partial charge in [0.15, 0.2) is 6.23 Å². The molecule has 2 unspecified atom stereocenters. The van der Waals surface area contributed by atoms with E-state index in [-0.39, 0.29) is 13.5 Å². The first-order valence-corrected chi connectivity index (χ1v) is 7.59. The van der Waals surface area contributed by atoms with Crippen LogP contribution < -0.4 is 11.1 Å². The van der Waals surface area contributed by atoms with Gasteiger partial charge in [-0.05, 0) is 46.0 Å². The molecule has 0 heterocycles. The monoisotopic (exact) mass is 310 g/mol. The molecule has 3 N–H and O–H groups in total. The molecular weight excluding hydrogens is 280 g/mol. The molecule has 0 saturated heterocycles. The first-order valence-electron chi connectivity index (χ1n) is 6.19. The van der Waals surface area contributed by atoms with Crippen LogP contribution in [0, 0.1) is 0 Å². The zero-order chi connectivity index (χ0) is 14.9. The Kier molecular flexibility index (Phi) is 24.9. The molecule has 20 heavy (non-hydrogen) atoms. The molecule has 0 aromatic rings.